The number of ether oxygens (including phenoxy) is 1. The van der Waals surface area contributed by atoms with E-state index >= 15 is 0 Å². The van der Waals surface area contributed by atoms with Gasteiger partial charge in [-0.25, -0.2) is 0 Å². The Balaban J connectivity index is 1.69. The van der Waals surface area contributed by atoms with Crippen LogP contribution in [0.25, 0.3) is 0 Å². The predicted molar refractivity (Wildman–Crippen MR) is 85.9 cm³/mol. The Morgan fingerprint density at radius 3 is 2.40 bits per heavy atom. The van der Waals surface area contributed by atoms with E-state index in [1.54, 1.807) is 0 Å². The van der Waals surface area contributed by atoms with Gasteiger partial charge < -0.3 is 14.5 Å². The summed E-state index contributed by atoms with van der Waals surface area (Å²) in [5, 5.41) is 4.80. The van der Waals surface area contributed by atoms with E-state index in [1.165, 1.54) is 42.7 Å². The fourth-order valence-electron chi connectivity index (χ4n) is 1.68. The summed E-state index contributed by atoms with van der Waals surface area (Å²) in [7, 11) is 0. The number of esters is 1. The maximum Gasteiger partial charge on any atom is 0.325 e. The summed E-state index contributed by atoms with van der Waals surface area (Å²) in [6.45, 7) is -1.09. The number of hydrogen-bond donors (Lipinski definition) is 2. The van der Waals surface area contributed by atoms with E-state index in [4.69, 9.17) is 16.0 Å². The third-order valence-corrected chi connectivity index (χ3v) is 3.11. The number of halogens is 1. The van der Waals surface area contributed by atoms with Crippen molar-refractivity contribution in [2.45, 2.75) is 0 Å². The average molecular weight is 365 g/mol. The Kier molecular flexibility index (Phi) is 6.30. The van der Waals surface area contributed by atoms with Crippen LogP contribution in [0.2, 0.25) is 5.02 Å². The van der Waals surface area contributed by atoms with Crippen molar-refractivity contribution in [3.05, 3.63) is 59.0 Å². The van der Waals surface area contributed by atoms with Gasteiger partial charge in [0.2, 0.25) is 0 Å². The van der Waals surface area contributed by atoms with Crippen molar-refractivity contribution in [1.82, 2.24) is 10.6 Å². The van der Waals surface area contributed by atoms with Gasteiger partial charge in [0.05, 0.1) is 6.26 Å². The van der Waals surface area contributed by atoms with Crippen LogP contribution in [0, 0.1) is 0 Å². The first kappa shape index (κ1) is 18.2. The number of carbonyl (C=O) groups is 4. The summed E-state index contributed by atoms with van der Waals surface area (Å²) in [5.41, 5.74) is 0.319. The highest BCUT2D eigenvalue weighted by molar-refractivity contribution is 6.30. The minimum Gasteiger partial charge on any atom is -0.459 e. The highest BCUT2D eigenvalue weighted by atomic mass is 35.5. The molecule has 0 atom stereocenters. The van der Waals surface area contributed by atoms with Gasteiger partial charge in [0, 0.05) is 10.6 Å². The summed E-state index contributed by atoms with van der Waals surface area (Å²) in [4.78, 5) is 46.3. The summed E-state index contributed by atoms with van der Waals surface area (Å²) >= 11 is 5.71. The molecule has 130 valence electrons. The molecule has 0 unspecified atom stereocenters. The molecule has 0 aliphatic carbocycles. The summed E-state index contributed by atoms with van der Waals surface area (Å²) < 4.78 is 9.47. The second-order valence-electron chi connectivity index (χ2n) is 4.70. The first-order valence-corrected chi connectivity index (χ1v) is 7.40. The van der Waals surface area contributed by atoms with Crippen molar-refractivity contribution in [3.8, 4) is 0 Å². The van der Waals surface area contributed by atoms with Crippen molar-refractivity contribution in [2.75, 3.05) is 13.2 Å². The molecule has 1 aromatic carbocycles. The van der Waals surface area contributed by atoms with Gasteiger partial charge in [-0.1, -0.05) is 11.6 Å². The molecular weight excluding hydrogens is 352 g/mol. The molecule has 0 saturated carbocycles. The molecule has 25 heavy (non-hydrogen) atoms. The summed E-state index contributed by atoms with van der Waals surface area (Å²) in [5.74, 6) is -2.94. The molecule has 0 aliphatic heterocycles. The molecule has 8 nitrogen and oxygen atoms in total. The Morgan fingerprint density at radius 1 is 1.04 bits per heavy atom. The summed E-state index contributed by atoms with van der Waals surface area (Å²) in [6.07, 6.45) is 1.28. The quantitative estimate of drug-likeness (QED) is 0.743. The monoisotopic (exact) mass is 364 g/mol. The number of benzene rings is 1. The molecule has 0 radical (unpaired) electrons. The van der Waals surface area contributed by atoms with Gasteiger partial charge in [0.15, 0.2) is 12.4 Å². The van der Waals surface area contributed by atoms with Crippen LogP contribution in [-0.2, 0) is 14.3 Å². The van der Waals surface area contributed by atoms with Crippen molar-refractivity contribution < 1.29 is 28.3 Å². The van der Waals surface area contributed by atoms with Crippen LogP contribution in [0.5, 0.6) is 0 Å². The molecule has 9 heteroatoms. The molecule has 2 aromatic rings. The predicted octanol–water partition coefficient (Wildman–Crippen LogP) is 1.16. The maximum atomic E-state index is 11.8. The van der Waals surface area contributed by atoms with Gasteiger partial charge in [-0.15, -0.1) is 0 Å². The van der Waals surface area contributed by atoms with E-state index in [0.717, 1.165) is 0 Å². The van der Waals surface area contributed by atoms with E-state index in [2.05, 4.69) is 10.1 Å². The lowest BCUT2D eigenvalue weighted by Gasteiger charge is -2.06. The van der Waals surface area contributed by atoms with Crippen molar-refractivity contribution >= 4 is 35.3 Å². The van der Waals surface area contributed by atoms with Gasteiger partial charge in [0.25, 0.3) is 17.7 Å². The molecule has 0 spiro atoms. The molecule has 2 rings (SSSR count). The van der Waals surface area contributed by atoms with E-state index in [1.807, 2.05) is 5.32 Å². The van der Waals surface area contributed by atoms with Crippen LogP contribution < -0.4 is 10.6 Å². The Bertz CT molecular complexity index is 770. The van der Waals surface area contributed by atoms with Crippen LogP contribution in [0.3, 0.4) is 0 Å². The number of amides is 3. The number of furan rings is 1. The third-order valence-electron chi connectivity index (χ3n) is 2.86. The average Bonchev–Trinajstić information content (AvgIpc) is 3.13. The third kappa shape index (κ3) is 5.78. The summed E-state index contributed by atoms with van der Waals surface area (Å²) in [6, 6.07) is 8.93. The fourth-order valence-corrected chi connectivity index (χ4v) is 1.81. The smallest absolute Gasteiger partial charge is 0.325 e. The van der Waals surface area contributed by atoms with Crippen LogP contribution in [-0.4, -0.2) is 36.8 Å². The SMILES string of the molecule is O=C(COC(=O)CNC(=O)c1ccc(Cl)cc1)NC(=O)c1ccco1. The number of hydrogen-bond acceptors (Lipinski definition) is 6. The maximum absolute atomic E-state index is 11.8. The lowest BCUT2D eigenvalue weighted by Crippen LogP contribution is -2.36. The second-order valence-corrected chi connectivity index (χ2v) is 5.14. The first-order valence-electron chi connectivity index (χ1n) is 7.03. The van der Waals surface area contributed by atoms with Crippen LogP contribution in [0.15, 0.2) is 47.1 Å². The molecule has 1 aromatic heterocycles. The number of carbonyl (C=O) groups excluding carboxylic acids is 4. The fraction of sp³-hybridized carbons (Fsp3) is 0.125. The largest absolute Gasteiger partial charge is 0.459 e. The van der Waals surface area contributed by atoms with E-state index in [0.29, 0.717) is 10.6 Å². The van der Waals surface area contributed by atoms with Gasteiger partial charge >= 0.3 is 5.97 Å². The normalized spacial score (nSPS) is 9.96. The van der Waals surface area contributed by atoms with Crippen LogP contribution in [0.4, 0.5) is 0 Å². The van der Waals surface area contributed by atoms with Crippen molar-refractivity contribution in [2.24, 2.45) is 0 Å². The minimum atomic E-state index is -0.831. The number of imide groups is 1. The zero-order chi connectivity index (χ0) is 18.2. The van der Waals surface area contributed by atoms with Crippen LogP contribution >= 0.6 is 11.6 Å². The minimum absolute atomic E-state index is 0.0464. The highest BCUT2D eigenvalue weighted by Gasteiger charge is 2.15. The highest BCUT2D eigenvalue weighted by Crippen LogP contribution is 2.09. The van der Waals surface area contributed by atoms with E-state index < -0.39 is 36.8 Å². The van der Waals surface area contributed by atoms with Gasteiger partial charge in [-0.3, -0.25) is 24.5 Å². The molecule has 0 aliphatic rings. The van der Waals surface area contributed by atoms with E-state index in [-0.39, 0.29) is 5.76 Å². The molecule has 0 saturated heterocycles. The molecule has 0 bridgehead atoms. The molecular formula is C16H13ClN2O6. The topological polar surface area (TPSA) is 115 Å². The second kappa shape index (κ2) is 8.65. The standard InChI is InChI=1S/C16H13ClN2O6/c17-11-5-3-10(4-6-11)15(22)18-8-14(21)25-9-13(20)19-16(23)12-2-1-7-24-12/h1-7H,8-9H2,(H,18,22)(H,19,20,23). The Labute approximate surface area is 147 Å². The number of rotatable bonds is 6. The zero-order valence-corrected chi connectivity index (χ0v) is 13.5. The Hall–Kier alpha value is -3.13. The van der Waals surface area contributed by atoms with Gasteiger partial charge in [0.1, 0.15) is 6.54 Å². The molecule has 1 heterocycles. The van der Waals surface area contributed by atoms with Gasteiger partial charge in [-0.05, 0) is 36.4 Å². The van der Waals surface area contributed by atoms with E-state index in [9.17, 15) is 19.2 Å². The number of nitrogens with one attached hydrogen (secondary N) is 2. The van der Waals surface area contributed by atoms with Gasteiger partial charge in [-0.2, -0.15) is 0 Å². The van der Waals surface area contributed by atoms with Crippen LogP contribution in [0.1, 0.15) is 20.9 Å². The lowest BCUT2D eigenvalue weighted by molar-refractivity contribution is -0.147. The van der Waals surface area contributed by atoms with Crippen molar-refractivity contribution in [1.29, 1.82) is 0 Å². The molecule has 0 fully saturated rings. The Morgan fingerprint density at radius 2 is 1.76 bits per heavy atom. The first-order chi connectivity index (χ1) is 12.0. The zero-order valence-electron chi connectivity index (χ0n) is 12.8. The molecule has 2 N–H and O–H groups in total. The lowest BCUT2D eigenvalue weighted by atomic mass is 10.2. The molecule has 3 amide bonds. The van der Waals surface area contributed by atoms with Crippen molar-refractivity contribution in [3.63, 3.8) is 0 Å².